The number of hydrogen-bond acceptors (Lipinski definition) is 3. The molecule has 0 aliphatic carbocycles. The van der Waals surface area contributed by atoms with Crippen molar-refractivity contribution < 1.29 is 9.90 Å². The van der Waals surface area contributed by atoms with E-state index in [-0.39, 0.29) is 24.5 Å². The zero-order chi connectivity index (χ0) is 13.0. The molecule has 0 saturated carbocycles. The van der Waals surface area contributed by atoms with Gasteiger partial charge in [0.05, 0.1) is 12.6 Å². The first kappa shape index (κ1) is 14.0. The molecule has 1 unspecified atom stereocenters. The van der Waals surface area contributed by atoms with Crippen LogP contribution >= 0.6 is 15.9 Å². The molecule has 1 aromatic carbocycles. The Balaban J connectivity index is 2.82. The molecular formula is C12H17BrN2O2. The summed E-state index contributed by atoms with van der Waals surface area (Å²) in [5.41, 5.74) is 6.67. The lowest BCUT2D eigenvalue weighted by Crippen LogP contribution is -2.41. The predicted molar refractivity (Wildman–Crippen MR) is 71.7 cm³/mol. The molecule has 1 aromatic rings. The van der Waals surface area contributed by atoms with Crippen molar-refractivity contribution in [3.8, 4) is 0 Å². The predicted octanol–water partition coefficient (Wildman–Crippen LogP) is 1.78. The fraction of sp³-hybridized carbons (Fsp3) is 0.417. The third-order valence-corrected chi connectivity index (χ3v) is 2.96. The maximum Gasteiger partial charge on any atom is 0.251 e. The summed E-state index contributed by atoms with van der Waals surface area (Å²) in [7, 11) is 0. The minimum atomic E-state index is -0.247. The molecule has 0 saturated heterocycles. The van der Waals surface area contributed by atoms with E-state index in [1.165, 1.54) is 0 Å². The van der Waals surface area contributed by atoms with Crippen LogP contribution in [0.1, 0.15) is 24.2 Å². The molecule has 0 heterocycles. The minimum absolute atomic E-state index is 0.0765. The quantitative estimate of drug-likeness (QED) is 0.742. The molecule has 0 aliphatic heterocycles. The van der Waals surface area contributed by atoms with E-state index in [4.69, 9.17) is 10.8 Å². The molecule has 17 heavy (non-hydrogen) atoms. The Labute approximate surface area is 109 Å². The Bertz CT molecular complexity index is 387. The topological polar surface area (TPSA) is 75.3 Å². The maximum atomic E-state index is 11.9. The van der Waals surface area contributed by atoms with Crippen molar-refractivity contribution >= 4 is 27.5 Å². The first-order valence-electron chi connectivity index (χ1n) is 5.42. The summed E-state index contributed by atoms with van der Waals surface area (Å²) in [5.74, 6) is -0.0563. The molecule has 0 aliphatic rings. The fourth-order valence-corrected chi connectivity index (χ4v) is 1.93. The minimum Gasteiger partial charge on any atom is -0.399 e. The second-order valence-electron chi connectivity index (χ2n) is 4.28. The summed E-state index contributed by atoms with van der Waals surface area (Å²) >= 11 is 3.28. The molecule has 0 radical (unpaired) electrons. The molecule has 0 bridgehead atoms. The van der Waals surface area contributed by atoms with E-state index >= 15 is 0 Å². The third-order valence-electron chi connectivity index (χ3n) is 2.50. The van der Waals surface area contributed by atoms with Gasteiger partial charge >= 0.3 is 0 Å². The van der Waals surface area contributed by atoms with E-state index in [9.17, 15) is 4.79 Å². The number of carbonyl (C=O) groups is 1. The van der Waals surface area contributed by atoms with E-state index in [0.717, 1.165) is 4.47 Å². The second-order valence-corrected chi connectivity index (χ2v) is 5.20. The molecule has 5 heteroatoms. The van der Waals surface area contributed by atoms with Crippen LogP contribution in [0, 0.1) is 5.92 Å². The van der Waals surface area contributed by atoms with Crippen molar-refractivity contribution in [1.82, 2.24) is 5.32 Å². The van der Waals surface area contributed by atoms with Gasteiger partial charge in [0.25, 0.3) is 5.91 Å². The van der Waals surface area contributed by atoms with Crippen LogP contribution in [0.15, 0.2) is 22.7 Å². The van der Waals surface area contributed by atoms with E-state index in [1.54, 1.807) is 18.2 Å². The first-order valence-corrected chi connectivity index (χ1v) is 6.21. The van der Waals surface area contributed by atoms with Crippen LogP contribution in [0.2, 0.25) is 0 Å². The first-order chi connectivity index (χ1) is 7.93. The molecule has 94 valence electrons. The number of aliphatic hydroxyl groups is 1. The molecule has 0 spiro atoms. The zero-order valence-electron chi connectivity index (χ0n) is 9.90. The lowest BCUT2D eigenvalue weighted by molar-refractivity contribution is 0.0897. The summed E-state index contributed by atoms with van der Waals surface area (Å²) in [5, 5.41) is 11.9. The number of benzene rings is 1. The van der Waals surface area contributed by atoms with Crippen molar-refractivity contribution in [2.75, 3.05) is 12.3 Å². The maximum absolute atomic E-state index is 11.9. The number of amides is 1. The van der Waals surface area contributed by atoms with E-state index in [1.807, 2.05) is 13.8 Å². The standard InChI is InChI=1S/C12H17BrN2O2/c1-7(2)11(6-16)15-12(17)8-3-9(13)5-10(14)4-8/h3-5,7,11,16H,6,14H2,1-2H3,(H,15,17). The van der Waals surface area contributed by atoms with Gasteiger partial charge in [-0.05, 0) is 24.1 Å². The number of rotatable bonds is 4. The molecule has 0 fully saturated rings. The van der Waals surface area contributed by atoms with Gasteiger partial charge < -0.3 is 16.2 Å². The number of hydrogen-bond donors (Lipinski definition) is 3. The normalized spacial score (nSPS) is 12.5. The van der Waals surface area contributed by atoms with Crippen LogP contribution in [0.5, 0.6) is 0 Å². The van der Waals surface area contributed by atoms with Gasteiger partial charge in [0.15, 0.2) is 0 Å². The average Bonchev–Trinajstić information content (AvgIpc) is 2.23. The molecule has 0 aromatic heterocycles. The Morgan fingerprint density at radius 3 is 2.59 bits per heavy atom. The highest BCUT2D eigenvalue weighted by Crippen LogP contribution is 2.17. The van der Waals surface area contributed by atoms with Crippen LogP contribution in [-0.4, -0.2) is 23.7 Å². The average molecular weight is 301 g/mol. The third kappa shape index (κ3) is 4.02. The summed E-state index contributed by atoms with van der Waals surface area (Å²) in [6.45, 7) is 3.81. The summed E-state index contributed by atoms with van der Waals surface area (Å²) in [6, 6.07) is 4.78. The van der Waals surface area contributed by atoms with E-state index < -0.39 is 0 Å². The smallest absolute Gasteiger partial charge is 0.251 e. The monoisotopic (exact) mass is 300 g/mol. The van der Waals surface area contributed by atoms with Gasteiger partial charge in [0.2, 0.25) is 0 Å². The van der Waals surface area contributed by atoms with E-state index in [0.29, 0.717) is 11.3 Å². The van der Waals surface area contributed by atoms with Gasteiger partial charge in [-0.15, -0.1) is 0 Å². The molecular weight excluding hydrogens is 284 g/mol. The lowest BCUT2D eigenvalue weighted by atomic mass is 10.0. The van der Waals surface area contributed by atoms with Gasteiger partial charge in [-0.3, -0.25) is 4.79 Å². The van der Waals surface area contributed by atoms with Gasteiger partial charge in [-0.1, -0.05) is 29.8 Å². The zero-order valence-corrected chi connectivity index (χ0v) is 11.5. The number of carbonyl (C=O) groups excluding carboxylic acids is 1. The number of nitrogens with two attached hydrogens (primary N) is 1. The summed E-state index contributed by atoms with van der Waals surface area (Å²) < 4.78 is 0.757. The van der Waals surface area contributed by atoms with Gasteiger partial charge in [-0.25, -0.2) is 0 Å². The number of nitrogen functional groups attached to an aromatic ring is 1. The van der Waals surface area contributed by atoms with Crippen molar-refractivity contribution in [3.05, 3.63) is 28.2 Å². The van der Waals surface area contributed by atoms with Gasteiger partial charge in [0, 0.05) is 15.7 Å². The highest BCUT2D eigenvalue weighted by atomic mass is 79.9. The number of anilines is 1. The van der Waals surface area contributed by atoms with Crippen molar-refractivity contribution in [1.29, 1.82) is 0 Å². The van der Waals surface area contributed by atoms with Gasteiger partial charge in [0.1, 0.15) is 0 Å². The fourth-order valence-electron chi connectivity index (χ4n) is 1.42. The van der Waals surface area contributed by atoms with Crippen LogP contribution < -0.4 is 11.1 Å². The largest absolute Gasteiger partial charge is 0.399 e. The van der Waals surface area contributed by atoms with E-state index in [2.05, 4.69) is 21.2 Å². The SMILES string of the molecule is CC(C)C(CO)NC(=O)c1cc(N)cc(Br)c1. The van der Waals surface area contributed by atoms with Gasteiger partial charge in [-0.2, -0.15) is 0 Å². The Kier molecular flexibility index (Phi) is 4.96. The van der Waals surface area contributed by atoms with Crippen molar-refractivity contribution in [3.63, 3.8) is 0 Å². The highest BCUT2D eigenvalue weighted by Gasteiger charge is 2.16. The highest BCUT2D eigenvalue weighted by molar-refractivity contribution is 9.10. The number of nitrogens with one attached hydrogen (secondary N) is 1. The summed E-state index contributed by atoms with van der Waals surface area (Å²) in [6.07, 6.45) is 0. The van der Waals surface area contributed by atoms with Crippen molar-refractivity contribution in [2.24, 2.45) is 5.92 Å². The van der Waals surface area contributed by atoms with Crippen molar-refractivity contribution in [2.45, 2.75) is 19.9 Å². The molecule has 4 N–H and O–H groups in total. The van der Waals surface area contributed by atoms with Crippen LogP contribution in [0.4, 0.5) is 5.69 Å². The number of aliphatic hydroxyl groups excluding tert-OH is 1. The second kappa shape index (κ2) is 6.02. The lowest BCUT2D eigenvalue weighted by Gasteiger charge is -2.20. The molecule has 1 atom stereocenters. The molecule has 1 rings (SSSR count). The molecule has 4 nitrogen and oxygen atoms in total. The van der Waals surface area contributed by atoms with Crippen LogP contribution in [0.25, 0.3) is 0 Å². The van der Waals surface area contributed by atoms with Crippen LogP contribution in [-0.2, 0) is 0 Å². The molecule has 1 amide bonds. The summed E-state index contributed by atoms with van der Waals surface area (Å²) in [4.78, 5) is 11.9. The van der Waals surface area contributed by atoms with Crippen LogP contribution in [0.3, 0.4) is 0 Å². The Hall–Kier alpha value is -1.07. The Morgan fingerprint density at radius 1 is 1.47 bits per heavy atom. The number of halogens is 1. The Morgan fingerprint density at radius 2 is 2.12 bits per heavy atom.